The Morgan fingerprint density at radius 2 is 1.88 bits per heavy atom. The van der Waals surface area contributed by atoms with Gasteiger partial charge in [-0.15, -0.1) is 0 Å². The molecule has 1 aromatic heterocycles. The van der Waals surface area contributed by atoms with E-state index in [-0.39, 0.29) is 5.91 Å². The molecule has 1 aliphatic rings. The molecule has 2 heterocycles. The van der Waals surface area contributed by atoms with Crippen molar-refractivity contribution in [3.63, 3.8) is 0 Å². The molecule has 162 valence electrons. The number of likely N-dealkylation sites (N-methyl/N-ethyl adjacent to an activating group) is 1. The van der Waals surface area contributed by atoms with Gasteiger partial charge in [0, 0.05) is 35.1 Å². The van der Waals surface area contributed by atoms with Crippen LogP contribution in [0.2, 0.25) is 0 Å². The van der Waals surface area contributed by atoms with E-state index in [1.807, 2.05) is 74.5 Å². The molecule has 1 aliphatic heterocycles. The van der Waals surface area contributed by atoms with Crippen LogP contribution < -0.4 is 0 Å². The van der Waals surface area contributed by atoms with Crippen molar-refractivity contribution in [1.82, 2.24) is 4.90 Å². The standard InChI is InChI=1S/C26H23BrN2O3/c1-3-29(4-2)24(30)12-8-11-22-26-25(20-17-19(27)14-15-21(20)32-26)28-23(31-22)16-13-18-9-6-5-7-10-18/h5-17H,3-4H2,1-2H3/b12-8+,16-13+,22-11-. The summed E-state index contributed by atoms with van der Waals surface area (Å²) in [6.07, 6.45) is 8.73. The number of benzene rings is 2. The number of halogens is 1. The Kier molecular flexibility index (Phi) is 6.71. The van der Waals surface area contributed by atoms with Crippen LogP contribution in [0.5, 0.6) is 0 Å². The van der Waals surface area contributed by atoms with Crippen molar-refractivity contribution in [2.75, 3.05) is 13.1 Å². The monoisotopic (exact) mass is 490 g/mol. The van der Waals surface area contributed by atoms with E-state index in [4.69, 9.17) is 14.1 Å². The summed E-state index contributed by atoms with van der Waals surface area (Å²) in [5.41, 5.74) is 2.46. The molecule has 3 aromatic rings. The largest absolute Gasteiger partial charge is 0.450 e. The van der Waals surface area contributed by atoms with Crippen LogP contribution in [0, 0.1) is 0 Å². The minimum Gasteiger partial charge on any atom is -0.450 e. The van der Waals surface area contributed by atoms with Crippen LogP contribution in [0.4, 0.5) is 5.69 Å². The van der Waals surface area contributed by atoms with Crippen LogP contribution in [-0.4, -0.2) is 29.8 Å². The van der Waals surface area contributed by atoms with Gasteiger partial charge in [-0.2, -0.15) is 0 Å². The Hall–Kier alpha value is -3.38. The maximum absolute atomic E-state index is 12.3. The number of hydrogen-bond acceptors (Lipinski definition) is 4. The summed E-state index contributed by atoms with van der Waals surface area (Å²) in [5, 5.41) is 0.886. The predicted molar refractivity (Wildman–Crippen MR) is 133 cm³/mol. The Morgan fingerprint density at radius 1 is 1.09 bits per heavy atom. The lowest BCUT2D eigenvalue weighted by atomic mass is 10.2. The first-order valence-corrected chi connectivity index (χ1v) is 11.3. The molecular formula is C26H23BrN2O3. The molecule has 2 aromatic carbocycles. The van der Waals surface area contributed by atoms with Crippen molar-refractivity contribution in [2.24, 2.45) is 4.99 Å². The van der Waals surface area contributed by atoms with Gasteiger partial charge in [-0.25, -0.2) is 4.99 Å². The zero-order valence-electron chi connectivity index (χ0n) is 17.9. The van der Waals surface area contributed by atoms with Gasteiger partial charge in [0.25, 0.3) is 0 Å². The molecule has 32 heavy (non-hydrogen) atoms. The highest BCUT2D eigenvalue weighted by atomic mass is 79.9. The third-order valence-corrected chi connectivity index (χ3v) is 5.56. The molecule has 0 fully saturated rings. The number of furan rings is 1. The number of carbonyl (C=O) groups is 1. The molecular weight excluding hydrogens is 468 g/mol. The summed E-state index contributed by atoms with van der Waals surface area (Å²) < 4.78 is 13.0. The molecule has 1 amide bonds. The highest BCUT2D eigenvalue weighted by Gasteiger charge is 2.24. The van der Waals surface area contributed by atoms with Crippen LogP contribution in [0.25, 0.3) is 22.8 Å². The molecule has 0 atom stereocenters. The highest BCUT2D eigenvalue weighted by Crippen LogP contribution is 2.42. The Labute approximate surface area is 195 Å². The lowest BCUT2D eigenvalue weighted by Crippen LogP contribution is -2.28. The Balaban J connectivity index is 1.72. The van der Waals surface area contributed by atoms with Crippen molar-refractivity contribution < 1.29 is 13.9 Å². The molecule has 0 unspecified atom stereocenters. The van der Waals surface area contributed by atoms with E-state index in [1.165, 1.54) is 6.08 Å². The SMILES string of the molecule is CCN(CC)C(=O)/C=C/C=C1\OC(/C=C/c2ccccc2)=Nc2c1oc1ccc(Br)cc21. The van der Waals surface area contributed by atoms with Gasteiger partial charge in [-0.1, -0.05) is 52.3 Å². The van der Waals surface area contributed by atoms with Crippen LogP contribution >= 0.6 is 15.9 Å². The average Bonchev–Trinajstić information content (AvgIpc) is 3.17. The number of hydrogen-bond donors (Lipinski definition) is 0. The second-order valence-corrected chi connectivity index (χ2v) is 8.03. The lowest BCUT2D eigenvalue weighted by molar-refractivity contribution is -0.125. The second-order valence-electron chi connectivity index (χ2n) is 7.12. The summed E-state index contributed by atoms with van der Waals surface area (Å²) >= 11 is 3.52. The number of ether oxygens (including phenoxy) is 1. The Bertz CT molecular complexity index is 1250. The van der Waals surface area contributed by atoms with Crippen molar-refractivity contribution in [3.05, 3.63) is 88.6 Å². The molecule has 0 N–H and O–H groups in total. The number of rotatable bonds is 6. The normalized spacial score (nSPS) is 14.7. The molecule has 6 heteroatoms. The molecule has 0 aliphatic carbocycles. The fourth-order valence-corrected chi connectivity index (χ4v) is 3.76. The number of fused-ring (bicyclic) bond motifs is 3. The summed E-state index contributed by atoms with van der Waals surface area (Å²) in [6, 6.07) is 15.7. The number of carbonyl (C=O) groups excluding carboxylic acids is 1. The molecule has 0 radical (unpaired) electrons. The van der Waals surface area contributed by atoms with Crippen LogP contribution in [0.15, 0.2) is 86.7 Å². The van der Waals surface area contributed by atoms with Gasteiger partial charge in [0.15, 0.2) is 11.5 Å². The van der Waals surface area contributed by atoms with Gasteiger partial charge in [0.05, 0.1) is 0 Å². The van der Waals surface area contributed by atoms with Gasteiger partial charge >= 0.3 is 0 Å². The number of nitrogens with zero attached hydrogens (tertiary/aromatic N) is 2. The van der Waals surface area contributed by atoms with Crippen molar-refractivity contribution in [1.29, 1.82) is 0 Å². The fraction of sp³-hybridized carbons (Fsp3) is 0.154. The molecule has 0 spiro atoms. The number of amides is 1. The number of aliphatic imine (C=N–C) groups is 1. The van der Waals surface area contributed by atoms with Gasteiger partial charge in [-0.05, 0) is 49.8 Å². The van der Waals surface area contributed by atoms with Crippen LogP contribution in [-0.2, 0) is 9.53 Å². The van der Waals surface area contributed by atoms with Gasteiger partial charge < -0.3 is 14.1 Å². The lowest BCUT2D eigenvalue weighted by Gasteiger charge is -2.16. The van der Waals surface area contributed by atoms with Gasteiger partial charge in [-0.3, -0.25) is 4.79 Å². The van der Waals surface area contributed by atoms with E-state index < -0.39 is 0 Å². The molecule has 0 saturated heterocycles. The summed E-state index contributed by atoms with van der Waals surface area (Å²) in [7, 11) is 0. The summed E-state index contributed by atoms with van der Waals surface area (Å²) in [6.45, 7) is 5.24. The summed E-state index contributed by atoms with van der Waals surface area (Å²) in [5.74, 6) is 1.43. The van der Waals surface area contributed by atoms with Gasteiger partial charge in [0.1, 0.15) is 11.3 Å². The highest BCUT2D eigenvalue weighted by molar-refractivity contribution is 9.10. The molecule has 4 rings (SSSR count). The zero-order valence-corrected chi connectivity index (χ0v) is 19.5. The van der Waals surface area contributed by atoms with Gasteiger partial charge in [0.2, 0.25) is 11.8 Å². The molecule has 0 bridgehead atoms. The number of allylic oxidation sites excluding steroid dienone is 2. The van der Waals surface area contributed by atoms with E-state index >= 15 is 0 Å². The third-order valence-electron chi connectivity index (χ3n) is 5.06. The summed E-state index contributed by atoms with van der Waals surface area (Å²) in [4.78, 5) is 18.7. The smallest absolute Gasteiger partial charge is 0.246 e. The van der Waals surface area contributed by atoms with E-state index in [1.54, 1.807) is 17.1 Å². The first-order valence-electron chi connectivity index (χ1n) is 10.5. The Morgan fingerprint density at radius 3 is 2.62 bits per heavy atom. The quantitative estimate of drug-likeness (QED) is 0.359. The molecule has 5 nitrogen and oxygen atoms in total. The maximum Gasteiger partial charge on any atom is 0.246 e. The first-order chi connectivity index (χ1) is 15.6. The van der Waals surface area contributed by atoms with E-state index in [0.29, 0.717) is 41.8 Å². The minimum absolute atomic E-state index is 0.0470. The zero-order chi connectivity index (χ0) is 22.5. The fourth-order valence-electron chi connectivity index (χ4n) is 3.40. The van der Waals surface area contributed by atoms with Crippen molar-refractivity contribution in [3.8, 4) is 0 Å². The first kappa shape index (κ1) is 21.8. The second kappa shape index (κ2) is 9.83. The van der Waals surface area contributed by atoms with E-state index in [0.717, 1.165) is 15.4 Å². The van der Waals surface area contributed by atoms with Crippen LogP contribution in [0.1, 0.15) is 25.2 Å². The van der Waals surface area contributed by atoms with Crippen LogP contribution in [0.3, 0.4) is 0 Å². The van der Waals surface area contributed by atoms with Crippen molar-refractivity contribution >= 4 is 56.2 Å². The third kappa shape index (κ3) is 4.75. The maximum atomic E-state index is 12.3. The molecule has 0 saturated carbocycles. The minimum atomic E-state index is -0.0470. The van der Waals surface area contributed by atoms with Crippen molar-refractivity contribution in [2.45, 2.75) is 13.8 Å². The topological polar surface area (TPSA) is 55.0 Å². The van der Waals surface area contributed by atoms with E-state index in [2.05, 4.69) is 15.9 Å². The predicted octanol–water partition coefficient (Wildman–Crippen LogP) is 6.73. The van der Waals surface area contributed by atoms with E-state index in [9.17, 15) is 4.79 Å². The average molecular weight is 491 g/mol.